The molecule has 1 N–H and O–H groups in total. The van der Waals surface area contributed by atoms with Crippen molar-refractivity contribution in [3.8, 4) is 0 Å². The number of piperazine rings is 1. The normalized spacial score (nSPS) is 25.8. The molecule has 0 aliphatic carbocycles. The van der Waals surface area contributed by atoms with Crippen LogP contribution < -0.4 is 0 Å². The molecule has 0 bridgehead atoms. The number of amides is 1. The first-order chi connectivity index (χ1) is 21.2. The Hall–Kier alpha value is -3.11. The molecular formula is C36H48N3O5+. The number of methoxy groups -OCH3 is 1. The van der Waals surface area contributed by atoms with Gasteiger partial charge in [-0.3, -0.25) is 9.69 Å². The molecule has 2 fully saturated rings. The standard InChI is InChI=1S/C36H48N3O5/c1-27-31(44-35(42-5)33(34(27)41)37(2)32(40)25-38-21-23-39(3,4)24-22-38)26-43-36(28-15-9-6-10-16-28,29-17-11-7-12-18-29)30-19-13-8-14-20-30/h6-20,27,31,33-35,41H,21-26H2,1-5H3/q+1. The second-order valence-corrected chi connectivity index (χ2v) is 12.9. The van der Waals surface area contributed by atoms with Gasteiger partial charge >= 0.3 is 0 Å². The van der Waals surface area contributed by atoms with Crippen molar-refractivity contribution in [3.05, 3.63) is 108 Å². The number of benzene rings is 3. The van der Waals surface area contributed by atoms with Crippen molar-refractivity contribution in [1.29, 1.82) is 0 Å². The number of aliphatic hydroxyl groups is 1. The third-order valence-corrected chi connectivity index (χ3v) is 9.54. The van der Waals surface area contributed by atoms with Gasteiger partial charge in [-0.2, -0.15) is 0 Å². The van der Waals surface area contributed by atoms with Crippen LogP contribution in [0.15, 0.2) is 91.0 Å². The fourth-order valence-corrected chi connectivity index (χ4v) is 6.52. The van der Waals surface area contributed by atoms with Crippen molar-refractivity contribution in [1.82, 2.24) is 9.80 Å². The molecule has 3 aromatic rings. The minimum Gasteiger partial charge on any atom is -0.390 e. The smallest absolute Gasteiger partial charge is 0.237 e. The quantitative estimate of drug-likeness (QED) is 0.283. The summed E-state index contributed by atoms with van der Waals surface area (Å²) in [5, 5.41) is 11.7. The molecular weight excluding hydrogens is 554 g/mol. The highest BCUT2D eigenvalue weighted by molar-refractivity contribution is 5.78. The van der Waals surface area contributed by atoms with Gasteiger partial charge in [-0.15, -0.1) is 0 Å². The van der Waals surface area contributed by atoms with Crippen molar-refractivity contribution >= 4 is 5.91 Å². The summed E-state index contributed by atoms with van der Waals surface area (Å²) in [5.74, 6) is -0.375. The topological polar surface area (TPSA) is 71.5 Å². The van der Waals surface area contributed by atoms with Crippen LogP contribution in [0, 0.1) is 5.92 Å². The van der Waals surface area contributed by atoms with Crippen LogP contribution in [0.25, 0.3) is 0 Å². The van der Waals surface area contributed by atoms with Gasteiger partial charge in [0.05, 0.1) is 52.5 Å². The molecule has 2 aliphatic rings. The SMILES string of the molecule is COC1OC(COC(c2ccccc2)(c2ccccc2)c2ccccc2)C(C)C(O)C1N(C)C(=O)CN1CC[N+](C)(C)CC1. The highest BCUT2D eigenvalue weighted by atomic mass is 16.7. The Morgan fingerprint density at radius 1 is 0.932 bits per heavy atom. The van der Waals surface area contributed by atoms with E-state index in [1.165, 1.54) is 0 Å². The largest absolute Gasteiger partial charge is 0.390 e. The van der Waals surface area contributed by atoms with Crippen molar-refractivity contribution in [3.63, 3.8) is 0 Å². The Kier molecular flexibility index (Phi) is 10.2. The predicted octanol–water partition coefficient (Wildman–Crippen LogP) is 3.58. The molecule has 5 atom stereocenters. The minimum atomic E-state index is -0.911. The van der Waals surface area contributed by atoms with Crippen molar-refractivity contribution in [2.75, 3.05) is 67.6 Å². The van der Waals surface area contributed by atoms with Crippen LogP contribution in [-0.4, -0.2) is 117 Å². The molecule has 5 rings (SSSR count). The van der Waals surface area contributed by atoms with Crippen LogP contribution in [0.5, 0.6) is 0 Å². The number of hydrogen-bond donors (Lipinski definition) is 1. The lowest BCUT2D eigenvalue weighted by molar-refractivity contribution is -0.894. The zero-order chi connectivity index (χ0) is 31.3. The molecule has 0 spiro atoms. The van der Waals surface area contributed by atoms with Crippen molar-refractivity contribution < 1.29 is 28.6 Å². The average Bonchev–Trinajstić information content (AvgIpc) is 3.05. The van der Waals surface area contributed by atoms with E-state index in [2.05, 4.69) is 55.4 Å². The van der Waals surface area contributed by atoms with Crippen molar-refractivity contribution in [2.45, 2.75) is 37.1 Å². The van der Waals surface area contributed by atoms with Crippen LogP contribution in [0.4, 0.5) is 0 Å². The van der Waals surface area contributed by atoms with Gasteiger partial charge in [-0.25, -0.2) is 0 Å². The number of ether oxygens (including phenoxy) is 3. The number of quaternary nitrogens is 1. The zero-order valence-corrected chi connectivity index (χ0v) is 26.7. The van der Waals surface area contributed by atoms with Crippen LogP contribution >= 0.6 is 0 Å². The van der Waals surface area contributed by atoms with Crippen LogP contribution in [0.2, 0.25) is 0 Å². The van der Waals surface area contributed by atoms with E-state index in [1.807, 2.05) is 61.5 Å². The molecule has 3 aromatic carbocycles. The number of carbonyl (C=O) groups is 1. The van der Waals surface area contributed by atoms with E-state index in [4.69, 9.17) is 14.2 Å². The Morgan fingerprint density at radius 2 is 1.41 bits per heavy atom. The second kappa shape index (κ2) is 13.9. The van der Waals surface area contributed by atoms with Crippen molar-refractivity contribution in [2.24, 2.45) is 5.92 Å². The molecule has 8 heteroatoms. The van der Waals surface area contributed by atoms with Crippen LogP contribution in [0.3, 0.4) is 0 Å². The molecule has 5 unspecified atom stereocenters. The molecule has 0 radical (unpaired) electrons. The highest BCUT2D eigenvalue weighted by Gasteiger charge is 2.48. The molecule has 2 saturated heterocycles. The predicted molar refractivity (Wildman–Crippen MR) is 171 cm³/mol. The molecule has 44 heavy (non-hydrogen) atoms. The summed E-state index contributed by atoms with van der Waals surface area (Å²) in [5.41, 5.74) is 2.07. The van der Waals surface area contributed by atoms with Crippen LogP contribution in [0.1, 0.15) is 23.6 Å². The van der Waals surface area contributed by atoms with Gasteiger partial charge in [0, 0.05) is 33.2 Å². The number of hydrogen-bond acceptors (Lipinski definition) is 6. The highest BCUT2D eigenvalue weighted by Crippen LogP contribution is 2.41. The monoisotopic (exact) mass is 602 g/mol. The van der Waals surface area contributed by atoms with E-state index < -0.39 is 30.1 Å². The van der Waals surface area contributed by atoms with Gasteiger partial charge in [0.1, 0.15) is 11.6 Å². The molecule has 8 nitrogen and oxygen atoms in total. The van der Waals surface area contributed by atoms with E-state index in [0.717, 1.165) is 47.4 Å². The number of aliphatic hydroxyl groups excluding tert-OH is 1. The molecule has 1 amide bonds. The Labute approximate surface area is 262 Å². The van der Waals surface area contributed by atoms with Gasteiger partial charge in [-0.1, -0.05) is 97.9 Å². The fraction of sp³-hybridized carbons (Fsp3) is 0.472. The van der Waals surface area contributed by atoms with E-state index >= 15 is 0 Å². The molecule has 236 valence electrons. The fourth-order valence-electron chi connectivity index (χ4n) is 6.52. The summed E-state index contributed by atoms with van der Waals surface area (Å²) in [6.07, 6.45) is -2.15. The molecule has 0 aromatic heterocycles. The maximum absolute atomic E-state index is 13.4. The summed E-state index contributed by atoms with van der Waals surface area (Å²) in [6.45, 7) is 6.20. The molecule has 0 saturated carbocycles. The molecule has 2 heterocycles. The van der Waals surface area contributed by atoms with E-state index in [0.29, 0.717) is 6.54 Å². The number of rotatable bonds is 10. The van der Waals surface area contributed by atoms with Gasteiger partial charge in [0.15, 0.2) is 6.29 Å². The molecule has 2 aliphatic heterocycles. The first-order valence-electron chi connectivity index (χ1n) is 15.6. The lowest BCUT2D eigenvalue weighted by Crippen LogP contribution is -2.63. The lowest BCUT2D eigenvalue weighted by atomic mass is 9.80. The van der Waals surface area contributed by atoms with E-state index in [9.17, 15) is 9.90 Å². The number of carbonyl (C=O) groups excluding carboxylic acids is 1. The summed E-state index contributed by atoms with van der Waals surface area (Å²) in [7, 11) is 7.73. The first-order valence-corrected chi connectivity index (χ1v) is 15.6. The maximum atomic E-state index is 13.4. The van der Waals surface area contributed by atoms with Crippen LogP contribution in [-0.2, 0) is 24.6 Å². The zero-order valence-electron chi connectivity index (χ0n) is 26.7. The maximum Gasteiger partial charge on any atom is 0.237 e. The summed E-state index contributed by atoms with van der Waals surface area (Å²) in [6, 6.07) is 30.0. The Morgan fingerprint density at radius 3 is 1.86 bits per heavy atom. The first kappa shape index (κ1) is 32.3. The Bertz CT molecular complexity index is 1230. The third kappa shape index (κ3) is 6.76. The number of nitrogens with zero attached hydrogens (tertiary/aromatic N) is 3. The summed E-state index contributed by atoms with van der Waals surface area (Å²) in [4.78, 5) is 17.2. The van der Waals surface area contributed by atoms with Gasteiger partial charge in [-0.05, 0) is 16.7 Å². The van der Waals surface area contributed by atoms with Gasteiger partial charge < -0.3 is 28.7 Å². The second-order valence-electron chi connectivity index (χ2n) is 12.9. The van der Waals surface area contributed by atoms with Gasteiger partial charge in [0.2, 0.25) is 5.91 Å². The van der Waals surface area contributed by atoms with Gasteiger partial charge in [0.25, 0.3) is 0 Å². The minimum absolute atomic E-state index is 0.0509. The summed E-state index contributed by atoms with van der Waals surface area (Å²) < 4.78 is 20.3. The number of likely N-dealkylation sites (N-methyl/N-ethyl adjacent to an activating group) is 2. The Balaban J connectivity index is 1.37. The lowest BCUT2D eigenvalue weighted by Gasteiger charge is -2.47. The van der Waals surface area contributed by atoms with E-state index in [1.54, 1.807) is 19.1 Å². The third-order valence-electron chi connectivity index (χ3n) is 9.54. The average molecular weight is 603 g/mol. The van der Waals surface area contributed by atoms with E-state index in [-0.39, 0.29) is 18.4 Å². The summed E-state index contributed by atoms with van der Waals surface area (Å²) >= 11 is 0.